The number of nitrogens with zero attached hydrogens (tertiary/aromatic N) is 4. The first-order valence-electron chi connectivity index (χ1n) is 11.2. The Labute approximate surface area is 187 Å². The van der Waals surface area contributed by atoms with Crippen LogP contribution in [-0.4, -0.2) is 67.8 Å². The lowest BCUT2D eigenvalue weighted by Gasteiger charge is -2.18. The Balaban J connectivity index is 1.51. The van der Waals surface area contributed by atoms with Gasteiger partial charge in [-0.1, -0.05) is 24.3 Å². The second-order valence-corrected chi connectivity index (χ2v) is 8.45. The van der Waals surface area contributed by atoms with Crippen molar-refractivity contribution in [3.05, 3.63) is 42.3 Å². The lowest BCUT2D eigenvalue weighted by Crippen LogP contribution is -2.74. The number of fused-ring (bicyclic) bond motifs is 1. The Bertz CT molecular complexity index is 1060. The Kier molecular flexibility index (Phi) is 6.96. The van der Waals surface area contributed by atoms with Gasteiger partial charge in [-0.25, -0.2) is 9.98 Å². The van der Waals surface area contributed by atoms with E-state index < -0.39 is 6.04 Å². The number of aliphatic hydroxyl groups is 2. The lowest BCUT2D eigenvalue weighted by atomic mass is 9.93. The Morgan fingerprint density at radius 3 is 2.72 bits per heavy atom. The van der Waals surface area contributed by atoms with E-state index in [0.717, 1.165) is 19.4 Å². The molecule has 0 radical (unpaired) electrons. The van der Waals surface area contributed by atoms with Crippen molar-refractivity contribution in [2.24, 2.45) is 5.92 Å². The number of hydrogen-bond donors (Lipinski definition) is 5. The molecule has 170 valence electrons. The van der Waals surface area contributed by atoms with Gasteiger partial charge in [0, 0.05) is 30.7 Å². The molecule has 1 aliphatic carbocycles. The molecule has 2 aromatic rings. The third kappa shape index (κ3) is 4.89. The standard InChI is InChI=1S/C23H31N7O2/c1-15(2)30-14-26-20-21(28-23(29-22(20)30)27-18(12-31)13-32)25-11-16-6-8-17(9-7-16)19-5-3-4-10-24-19/h3,5-6,8-9,14-16,18,31-32H,4,7,10-13H2,1-2H3,(H2,25,27,28,29)/p+1. The normalized spacial score (nSPS) is 18.4. The van der Waals surface area contributed by atoms with Gasteiger partial charge >= 0.3 is 0 Å². The lowest BCUT2D eigenvalue weighted by molar-refractivity contribution is -0.455. The molecule has 2 aliphatic rings. The number of imidazole rings is 1. The van der Waals surface area contributed by atoms with Crippen LogP contribution in [0.25, 0.3) is 11.2 Å². The van der Waals surface area contributed by atoms with Gasteiger partial charge in [-0.05, 0) is 26.2 Å². The molecule has 0 aromatic carbocycles. The highest BCUT2D eigenvalue weighted by Crippen LogP contribution is 2.25. The summed E-state index contributed by atoms with van der Waals surface area (Å²) in [5.74, 6) is 1.33. The van der Waals surface area contributed by atoms with Gasteiger partial charge in [-0.3, -0.25) is 0 Å². The largest absolute Gasteiger partial charge is 0.394 e. The van der Waals surface area contributed by atoms with Crippen LogP contribution < -0.4 is 15.6 Å². The van der Waals surface area contributed by atoms with E-state index in [0.29, 0.717) is 35.4 Å². The van der Waals surface area contributed by atoms with Gasteiger partial charge in [0.05, 0.1) is 25.6 Å². The molecule has 9 nitrogen and oxygen atoms in total. The second-order valence-electron chi connectivity index (χ2n) is 8.45. The summed E-state index contributed by atoms with van der Waals surface area (Å²) in [7, 11) is 0. The van der Waals surface area contributed by atoms with Gasteiger partial charge in [0.25, 0.3) is 0 Å². The molecule has 0 saturated heterocycles. The van der Waals surface area contributed by atoms with Crippen molar-refractivity contribution in [1.82, 2.24) is 19.5 Å². The van der Waals surface area contributed by atoms with Crippen LogP contribution in [0.15, 0.2) is 42.3 Å². The predicted molar refractivity (Wildman–Crippen MR) is 126 cm³/mol. The van der Waals surface area contributed by atoms with Crippen LogP contribution in [0, 0.1) is 5.92 Å². The number of aliphatic hydroxyl groups excluding tert-OH is 2. The minimum absolute atomic E-state index is 0.187. The van der Waals surface area contributed by atoms with Gasteiger partial charge in [-0.2, -0.15) is 9.97 Å². The summed E-state index contributed by atoms with van der Waals surface area (Å²) in [4.78, 5) is 17.2. The van der Waals surface area contributed by atoms with E-state index >= 15 is 0 Å². The first kappa shape index (κ1) is 22.2. The number of allylic oxidation sites excluding steroid dienone is 4. The van der Waals surface area contributed by atoms with Crippen LogP contribution in [0.1, 0.15) is 32.7 Å². The minimum atomic E-state index is -0.527. The van der Waals surface area contributed by atoms with Crippen LogP contribution in [0.2, 0.25) is 0 Å². The van der Waals surface area contributed by atoms with E-state index in [-0.39, 0.29) is 19.3 Å². The third-order valence-electron chi connectivity index (χ3n) is 5.69. The fourth-order valence-corrected chi connectivity index (χ4v) is 3.81. The molecule has 1 aliphatic heterocycles. The summed E-state index contributed by atoms with van der Waals surface area (Å²) in [5, 5.41) is 25.3. The first-order chi connectivity index (χ1) is 15.6. The predicted octanol–water partition coefficient (Wildman–Crippen LogP) is 0.568. The van der Waals surface area contributed by atoms with Crippen LogP contribution in [-0.2, 0) is 0 Å². The monoisotopic (exact) mass is 438 g/mol. The van der Waals surface area contributed by atoms with Gasteiger partial charge in [0.2, 0.25) is 11.7 Å². The topological polar surface area (TPSA) is 122 Å². The molecule has 1 unspecified atom stereocenters. The van der Waals surface area contributed by atoms with Crippen LogP contribution in [0.5, 0.6) is 0 Å². The summed E-state index contributed by atoms with van der Waals surface area (Å²) in [6, 6.07) is -0.340. The van der Waals surface area contributed by atoms with Crippen LogP contribution in [0.3, 0.4) is 0 Å². The maximum atomic E-state index is 9.43. The first-order valence-corrected chi connectivity index (χ1v) is 11.2. The Morgan fingerprint density at radius 1 is 1.22 bits per heavy atom. The smallest absolute Gasteiger partial charge is 0.227 e. The Morgan fingerprint density at radius 2 is 2.06 bits per heavy atom. The number of anilines is 2. The molecule has 1 atom stereocenters. The van der Waals surface area contributed by atoms with E-state index in [9.17, 15) is 10.2 Å². The highest BCUT2D eigenvalue weighted by atomic mass is 16.3. The van der Waals surface area contributed by atoms with Gasteiger partial charge in [0.15, 0.2) is 17.0 Å². The summed E-state index contributed by atoms with van der Waals surface area (Å²) in [6.45, 7) is 5.40. The molecule has 4 rings (SSSR count). The SMILES string of the molecule is CC(C)n1cnc2c(NCC3C=CC(C4=[NH+]CCC=C4)=CC3)nc(NC(CO)CO)nc21. The molecule has 2 aromatic heterocycles. The molecular weight excluding hydrogens is 406 g/mol. The van der Waals surface area contributed by atoms with Crippen molar-refractivity contribution in [2.45, 2.75) is 38.8 Å². The van der Waals surface area contributed by atoms with Crippen molar-refractivity contribution in [2.75, 3.05) is 36.9 Å². The van der Waals surface area contributed by atoms with Gasteiger partial charge in [-0.15, -0.1) is 0 Å². The molecular formula is C23H32N7O2+. The highest BCUT2D eigenvalue weighted by Gasteiger charge is 2.19. The van der Waals surface area contributed by atoms with Crippen molar-refractivity contribution in [3.8, 4) is 0 Å². The maximum absolute atomic E-state index is 9.43. The maximum Gasteiger partial charge on any atom is 0.227 e. The molecule has 0 bridgehead atoms. The fraction of sp³-hybridized carbons (Fsp3) is 0.478. The van der Waals surface area contributed by atoms with Crippen LogP contribution in [0.4, 0.5) is 11.8 Å². The summed E-state index contributed by atoms with van der Waals surface area (Å²) >= 11 is 0. The summed E-state index contributed by atoms with van der Waals surface area (Å²) < 4.78 is 1.98. The second kappa shape index (κ2) is 10.1. The minimum Gasteiger partial charge on any atom is -0.394 e. The summed E-state index contributed by atoms with van der Waals surface area (Å²) in [5.41, 5.74) is 3.84. The average Bonchev–Trinajstić information content (AvgIpc) is 3.26. The van der Waals surface area contributed by atoms with E-state index in [1.54, 1.807) is 6.33 Å². The third-order valence-corrected chi connectivity index (χ3v) is 5.69. The van der Waals surface area contributed by atoms with Crippen molar-refractivity contribution >= 4 is 28.6 Å². The molecule has 0 fully saturated rings. The number of nitrogens with one attached hydrogen (secondary N) is 3. The fourth-order valence-electron chi connectivity index (χ4n) is 3.81. The van der Waals surface area contributed by atoms with Gasteiger partial charge < -0.3 is 25.4 Å². The number of aromatic nitrogens is 4. The molecule has 0 spiro atoms. The zero-order valence-corrected chi connectivity index (χ0v) is 18.6. The Hall–Kier alpha value is -3.04. The van der Waals surface area contributed by atoms with E-state index in [1.807, 2.05) is 4.57 Å². The molecule has 0 saturated carbocycles. The van der Waals surface area contributed by atoms with Crippen molar-refractivity contribution in [3.63, 3.8) is 0 Å². The van der Waals surface area contributed by atoms with Gasteiger partial charge in [0.1, 0.15) is 6.54 Å². The molecule has 0 amide bonds. The number of hydrogen-bond acceptors (Lipinski definition) is 7. The average molecular weight is 439 g/mol. The quantitative estimate of drug-likeness (QED) is 0.388. The zero-order valence-electron chi connectivity index (χ0n) is 18.6. The molecule has 9 heteroatoms. The van der Waals surface area contributed by atoms with Crippen molar-refractivity contribution < 1.29 is 15.2 Å². The van der Waals surface area contributed by atoms with E-state index in [4.69, 9.17) is 0 Å². The highest BCUT2D eigenvalue weighted by molar-refractivity contribution is 6.06. The molecule has 5 N–H and O–H groups in total. The zero-order chi connectivity index (χ0) is 22.5. The van der Waals surface area contributed by atoms with Crippen molar-refractivity contribution in [1.29, 1.82) is 0 Å². The molecule has 3 heterocycles. The van der Waals surface area contributed by atoms with E-state index in [2.05, 4.69) is 74.8 Å². The number of rotatable bonds is 9. The van der Waals surface area contributed by atoms with Crippen LogP contribution >= 0.6 is 0 Å². The molecule has 32 heavy (non-hydrogen) atoms. The van der Waals surface area contributed by atoms with E-state index in [1.165, 1.54) is 11.3 Å². The summed E-state index contributed by atoms with van der Waals surface area (Å²) in [6.07, 6.45) is 14.8.